The minimum absolute atomic E-state index is 0.774. The summed E-state index contributed by atoms with van der Waals surface area (Å²) >= 11 is 3.46. The van der Waals surface area contributed by atoms with Gasteiger partial charge in [0.1, 0.15) is 17.5 Å². The highest BCUT2D eigenvalue weighted by atomic mass is 79.9. The molecule has 126 valence electrons. The second-order valence-corrected chi connectivity index (χ2v) is 7.15. The second kappa shape index (κ2) is 6.84. The molecule has 0 radical (unpaired) electrons. The van der Waals surface area contributed by atoms with E-state index < -0.39 is 0 Å². The molecule has 3 aromatic rings. The molecular formula is C20H19BrN4. The summed E-state index contributed by atoms with van der Waals surface area (Å²) in [4.78, 5) is 11.5. The summed E-state index contributed by atoms with van der Waals surface area (Å²) in [6.07, 6.45) is 1.05. The second-order valence-electron chi connectivity index (χ2n) is 6.23. The van der Waals surface area contributed by atoms with Gasteiger partial charge in [0.05, 0.1) is 0 Å². The van der Waals surface area contributed by atoms with Crippen molar-refractivity contribution >= 4 is 33.3 Å². The van der Waals surface area contributed by atoms with Gasteiger partial charge in [-0.05, 0) is 48.7 Å². The van der Waals surface area contributed by atoms with Crippen molar-refractivity contribution in [2.45, 2.75) is 19.9 Å². The molecule has 0 saturated heterocycles. The van der Waals surface area contributed by atoms with Crippen LogP contribution in [0.15, 0.2) is 59.1 Å². The van der Waals surface area contributed by atoms with Crippen molar-refractivity contribution in [1.29, 1.82) is 0 Å². The number of nitrogens with zero attached hydrogens (tertiary/aromatic N) is 3. The number of nitrogens with one attached hydrogen (secondary N) is 1. The summed E-state index contributed by atoms with van der Waals surface area (Å²) < 4.78 is 1.06. The van der Waals surface area contributed by atoms with Gasteiger partial charge in [0.25, 0.3) is 0 Å². The van der Waals surface area contributed by atoms with Crippen molar-refractivity contribution in [3.63, 3.8) is 0 Å². The quantitative estimate of drug-likeness (QED) is 0.688. The van der Waals surface area contributed by atoms with Crippen LogP contribution in [0.1, 0.15) is 17.0 Å². The van der Waals surface area contributed by atoms with Crippen LogP contribution < -0.4 is 10.2 Å². The molecule has 2 aromatic carbocycles. The Labute approximate surface area is 156 Å². The highest BCUT2D eigenvalue weighted by molar-refractivity contribution is 9.10. The van der Waals surface area contributed by atoms with Gasteiger partial charge in [-0.15, -0.1) is 0 Å². The summed E-state index contributed by atoms with van der Waals surface area (Å²) in [5, 5.41) is 3.37. The normalized spacial score (nSPS) is 13.4. The predicted octanol–water partition coefficient (Wildman–Crippen LogP) is 4.85. The number of hydrogen-bond acceptors (Lipinski definition) is 4. The van der Waals surface area contributed by atoms with Gasteiger partial charge in [0.2, 0.25) is 0 Å². The fourth-order valence-electron chi connectivity index (χ4n) is 3.15. The molecule has 5 heteroatoms. The van der Waals surface area contributed by atoms with E-state index in [1.165, 1.54) is 11.1 Å². The first-order valence-corrected chi connectivity index (χ1v) is 9.17. The lowest BCUT2D eigenvalue weighted by molar-refractivity contribution is 0.717. The Morgan fingerprint density at radius 2 is 1.76 bits per heavy atom. The van der Waals surface area contributed by atoms with Crippen LogP contribution in [0.25, 0.3) is 0 Å². The smallest absolute Gasteiger partial charge is 0.136 e. The lowest BCUT2D eigenvalue weighted by Gasteiger charge is -2.30. The van der Waals surface area contributed by atoms with E-state index >= 15 is 0 Å². The number of benzene rings is 2. The van der Waals surface area contributed by atoms with Crippen molar-refractivity contribution in [2.24, 2.45) is 0 Å². The van der Waals surface area contributed by atoms with Crippen molar-refractivity contribution in [3.05, 3.63) is 76.0 Å². The maximum atomic E-state index is 4.65. The topological polar surface area (TPSA) is 41.1 Å². The zero-order valence-corrected chi connectivity index (χ0v) is 15.6. The van der Waals surface area contributed by atoms with E-state index in [-0.39, 0.29) is 0 Å². The highest BCUT2D eigenvalue weighted by Gasteiger charge is 2.18. The van der Waals surface area contributed by atoms with Gasteiger partial charge in [0.15, 0.2) is 0 Å². The number of hydrogen-bond donors (Lipinski definition) is 1. The van der Waals surface area contributed by atoms with E-state index in [1.54, 1.807) is 0 Å². The van der Waals surface area contributed by atoms with Gasteiger partial charge in [-0.3, -0.25) is 0 Å². The molecule has 0 spiro atoms. The van der Waals surface area contributed by atoms with Gasteiger partial charge in [-0.25, -0.2) is 9.97 Å². The Morgan fingerprint density at radius 1 is 1.00 bits per heavy atom. The van der Waals surface area contributed by atoms with Crippen LogP contribution in [0.4, 0.5) is 17.3 Å². The molecule has 4 nitrogen and oxygen atoms in total. The molecule has 25 heavy (non-hydrogen) atoms. The van der Waals surface area contributed by atoms with Gasteiger partial charge in [-0.1, -0.05) is 40.2 Å². The van der Waals surface area contributed by atoms with E-state index in [1.807, 2.05) is 37.3 Å². The zero-order valence-electron chi connectivity index (χ0n) is 14.0. The lowest BCUT2D eigenvalue weighted by atomic mass is 10.00. The monoisotopic (exact) mass is 394 g/mol. The fourth-order valence-corrected chi connectivity index (χ4v) is 3.41. The fraction of sp³-hybridized carbons (Fsp3) is 0.200. The molecule has 0 saturated carbocycles. The Morgan fingerprint density at radius 3 is 2.56 bits per heavy atom. The van der Waals surface area contributed by atoms with Gasteiger partial charge in [0, 0.05) is 29.3 Å². The number of anilines is 3. The first-order valence-electron chi connectivity index (χ1n) is 8.37. The number of fused-ring (bicyclic) bond motifs is 1. The van der Waals surface area contributed by atoms with Crippen LogP contribution in [0.3, 0.4) is 0 Å². The van der Waals surface area contributed by atoms with Crippen LogP contribution in [-0.4, -0.2) is 16.5 Å². The molecule has 0 bridgehead atoms. The van der Waals surface area contributed by atoms with Crippen molar-refractivity contribution in [3.8, 4) is 0 Å². The first kappa shape index (κ1) is 16.1. The minimum atomic E-state index is 0.774. The average Bonchev–Trinajstić information content (AvgIpc) is 2.63. The van der Waals surface area contributed by atoms with Crippen LogP contribution in [0, 0.1) is 6.92 Å². The number of aromatic nitrogens is 2. The van der Waals surface area contributed by atoms with Gasteiger partial charge in [-0.2, -0.15) is 0 Å². The van der Waals surface area contributed by atoms with Crippen molar-refractivity contribution in [2.75, 3.05) is 16.8 Å². The Hall–Kier alpha value is -2.40. The predicted molar refractivity (Wildman–Crippen MR) is 105 cm³/mol. The number of aryl methyl sites for hydroxylation is 1. The molecule has 1 N–H and O–H groups in total. The van der Waals surface area contributed by atoms with Gasteiger partial charge < -0.3 is 10.2 Å². The van der Waals surface area contributed by atoms with Crippen molar-refractivity contribution in [1.82, 2.24) is 9.97 Å². The Bertz CT molecular complexity index is 892. The molecule has 0 fully saturated rings. The Balaban J connectivity index is 1.59. The van der Waals surface area contributed by atoms with Crippen LogP contribution in [-0.2, 0) is 13.0 Å². The molecule has 0 unspecified atom stereocenters. The molecular weight excluding hydrogens is 376 g/mol. The van der Waals surface area contributed by atoms with Crippen LogP contribution in [0.5, 0.6) is 0 Å². The standard InChI is InChI=1S/C20H19BrN4/c1-14-22-19(24-18-8-6-17(21)7-9-18)12-20(23-14)25-11-10-15-4-2-3-5-16(15)13-25/h2-9,12H,10-11,13H2,1H3,(H,22,23,24). The third-order valence-corrected chi connectivity index (χ3v) is 4.92. The van der Waals surface area contributed by atoms with Gasteiger partial charge >= 0.3 is 0 Å². The van der Waals surface area contributed by atoms with Crippen LogP contribution in [0.2, 0.25) is 0 Å². The minimum Gasteiger partial charge on any atom is -0.352 e. The van der Waals surface area contributed by atoms with E-state index in [2.05, 4.69) is 60.4 Å². The lowest BCUT2D eigenvalue weighted by Crippen LogP contribution is -2.31. The molecule has 0 amide bonds. The first-order chi connectivity index (χ1) is 12.2. The summed E-state index contributed by atoms with van der Waals surface area (Å²) in [7, 11) is 0. The third-order valence-electron chi connectivity index (χ3n) is 4.40. The third kappa shape index (κ3) is 3.66. The summed E-state index contributed by atoms with van der Waals surface area (Å²) in [5.41, 5.74) is 3.83. The zero-order chi connectivity index (χ0) is 17.2. The van der Waals surface area contributed by atoms with E-state index in [9.17, 15) is 0 Å². The molecule has 1 aliphatic heterocycles. The van der Waals surface area contributed by atoms with Crippen molar-refractivity contribution < 1.29 is 0 Å². The number of rotatable bonds is 3. The van der Waals surface area contributed by atoms with E-state index in [4.69, 9.17) is 0 Å². The molecule has 2 heterocycles. The average molecular weight is 395 g/mol. The summed E-state index contributed by atoms with van der Waals surface area (Å²) in [6, 6.07) is 18.8. The SMILES string of the molecule is Cc1nc(Nc2ccc(Br)cc2)cc(N2CCc3ccccc3C2)n1. The van der Waals surface area contributed by atoms with E-state index in [0.29, 0.717) is 0 Å². The largest absolute Gasteiger partial charge is 0.352 e. The van der Waals surface area contributed by atoms with E-state index in [0.717, 1.165) is 47.1 Å². The number of halogens is 1. The van der Waals surface area contributed by atoms with Crippen LogP contribution >= 0.6 is 15.9 Å². The Kier molecular flexibility index (Phi) is 4.40. The maximum absolute atomic E-state index is 4.65. The molecule has 1 aromatic heterocycles. The molecule has 0 aliphatic carbocycles. The summed E-state index contributed by atoms with van der Waals surface area (Å²) in [5.74, 6) is 2.57. The highest BCUT2D eigenvalue weighted by Crippen LogP contribution is 2.26. The molecule has 0 atom stereocenters. The maximum Gasteiger partial charge on any atom is 0.136 e. The molecule has 1 aliphatic rings. The summed E-state index contributed by atoms with van der Waals surface area (Å²) in [6.45, 7) is 3.81. The molecule has 4 rings (SSSR count).